The van der Waals surface area contributed by atoms with Crippen molar-refractivity contribution in [2.75, 3.05) is 7.11 Å². The Balaban J connectivity index is 0.00000324. The molecule has 19 heavy (non-hydrogen) atoms. The Hall–Kier alpha value is -0.440. The number of benzene rings is 1. The van der Waals surface area contributed by atoms with Crippen molar-refractivity contribution < 1.29 is 4.74 Å². The van der Waals surface area contributed by atoms with Gasteiger partial charge >= 0.3 is 0 Å². The van der Waals surface area contributed by atoms with Crippen molar-refractivity contribution in [3.63, 3.8) is 0 Å². The minimum absolute atomic E-state index is 0. The van der Waals surface area contributed by atoms with Crippen molar-refractivity contribution >= 4 is 24.0 Å². The molecule has 1 rings (SSSR count). The van der Waals surface area contributed by atoms with E-state index in [1.807, 2.05) is 6.07 Å². The zero-order chi connectivity index (χ0) is 13.7. The fourth-order valence-electron chi connectivity index (χ4n) is 2.04. The summed E-state index contributed by atoms with van der Waals surface area (Å²) in [6.45, 7) is 6.46. The van der Waals surface area contributed by atoms with Gasteiger partial charge in [0.1, 0.15) is 5.75 Å². The van der Waals surface area contributed by atoms with Crippen LogP contribution in [0.15, 0.2) is 12.1 Å². The monoisotopic (exact) mass is 305 g/mol. The van der Waals surface area contributed by atoms with E-state index in [1.54, 1.807) is 7.11 Å². The van der Waals surface area contributed by atoms with E-state index in [0.29, 0.717) is 10.9 Å². The number of hydrogen-bond donors (Lipinski definition) is 1. The first kappa shape index (κ1) is 18.6. The molecule has 1 aromatic rings. The molecule has 1 aromatic carbocycles. The third-order valence-electron chi connectivity index (χ3n) is 3.50. The van der Waals surface area contributed by atoms with Crippen molar-refractivity contribution in [2.24, 2.45) is 5.73 Å². The molecule has 0 aliphatic carbocycles. The molecule has 0 radical (unpaired) electrons. The van der Waals surface area contributed by atoms with Crippen LogP contribution in [-0.4, -0.2) is 13.2 Å². The lowest BCUT2D eigenvalue weighted by atomic mass is 9.93. The van der Waals surface area contributed by atoms with Crippen molar-refractivity contribution in [3.05, 3.63) is 28.3 Å². The van der Waals surface area contributed by atoms with Crippen LogP contribution < -0.4 is 10.5 Å². The minimum atomic E-state index is 0. The number of nitrogens with two attached hydrogens (primary N) is 1. The van der Waals surface area contributed by atoms with E-state index in [-0.39, 0.29) is 18.4 Å². The van der Waals surface area contributed by atoms with Gasteiger partial charge in [0.15, 0.2) is 0 Å². The molecule has 0 aliphatic heterocycles. The predicted molar refractivity (Wildman–Crippen MR) is 85.9 cm³/mol. The van der Waals surface area contributed by atoms with Crippen LogP contribution >= 0.6 is 24.0 Å². The van der Waals surface area contributed by atoms with E-state index < -0.39 is 0 Å². The standard InChI is InChI=1S/C15H24ClNO.ClH/c1-5-10(3)13-8-11(7-12(17)6-2)9-14(16)15(13)18-4;/h8-10,12H,5-7,17H2,1-4H3;1H. The van der Waals surface area contributed by atoms with E-state index in [1.165, 1.54) is 11.1 Å². The summed E-state index contributed by atoms with van der Waals surface area (Å²) in [7, 11) is 1.67. The number of methoxy groups -OCH3 is 1. The number of rotatable bonds is 6. The quantitative estimate of drug-likeness (QED) is 0.836. The molecule has 0 amide bonds. The summed E-state index contributed by atoms with van der Waals surface area (Å²) in [5.41, 5.74) is 8.40. The Morgan fingerprint density at radius 3 is 2.37 bits per heavy atom. The largest absolute Gasteiger partial charge is 0.495 e. The molecule has 0 aliphatic rings. The van der Waals surface area contributed by atoms with Gasteiger partial charge in [-0.15, -0.1) is 12.4 Å². The topological polar surface area (TPSA) is 35.2 Å². The second-order valence-electron chi connectivity index (χ2n) is 4.88. The van der Waals surface area contributed by atoms with E-state index in [2.05, 4.69) is 26.8 Å². The minimum Gasteiger partial charge on any atom is -0.495 e. The van der Waals surface area contributed by atoms with Gasteiger partial charge in [0.05, 0.1) is 12.1 Å². The van der Waals surface area contributed by atoms with E-state index in [4.69, 9.17) is 22.1 Å². The van der Waals surface area contributed by atoms with Crippen LogP contribution in [-0.2, 0) is 6.42 Å². The molecule has 0 aromatic heterocycles. The first-order valence-corrected chi connectivity index (χ1v) is 7.03. The molecule has 0 bridgehead atoms. The summed E-state index contributed by atoms with van der Waals surface area (Å²) in [4.78, 5) is 0. The van der Waals surface area contributed by atoms with Crippen molar-refractivity contribution in [1.29, 1.82) is 0 Å². The van der Waals surface area contributed by atoms with Crippen LogP contribution in [0.4, 0.5) is 0 Å². The maximum absolute atomic E-state index is 6.30. The average Bonchev–Trinajstić information content (AvgIpc) is 2.36. The first-order chi connectivity index (χ1) is 8.53. The van der Waals surface area contributed by atoms with E-state index in [0.717, 1.165) is 25.0 Å². The van der Waals surface area contributed by atoms with Gasteiger partial charge in [0.25, 0.3) is 0 Å². The van der Waals surface area contributed by atoms with Gasteiger partial charge in [-0.3, -0.25) is 0 Å². The Morgan fingerprint density at radius 2 is 1.89 bits per heavy atom. The van der Waals surface area contributed by atoms with Gasteiger partial charge in [-0.05, 0) is 42.4 Å². The highest BCUT2D eigenvalue weighted by molar-refractivity contribution is 6.32. The van der Waals surface area contributed by atoms with Gasteiger partial charge in [-0.1, -0.05) is 38.4 Å². The van der Waals surface area contributed by atoms with Gasteiger partial charge < -0.3 is 10.5 Å². The molecule has 2 atom stereocenters. The zero-order valence-electron chi connectivity index (χ0n) is 12.2. The third kappa shape index (κ3) is 4.87. The first-order valence-electron chi connectivity index (χ1n) is 6.65. The number of ether oxygens (including phenoxy) is 1. The summed E-state index contributed by atoms with van der Waals surface area (Å²) in [5.74, 6) is 1.25. The van der Waals surface area contributed by atoms with Crippen LogP contribution in [0.2, 0.25) is 5.02 Å². The molecule has 0 spiro atoms. The Kier molecular flexibility index (Phi) is 8.47. The molecule has 0 saturated heterocycles. The van der Waals surface area contributed by atoms with E-state index >= 15 is 0 Å². The molecule has 2 unspecified atom stereocenters. The fraction of sp³-hybridized carbons (Fsp3) is 0.600. The Morgan fingerprint density at radius 1 is 1.26 bits per heavy atom. The molecule has 2 nitrogen and oxygen atoms in total. The van der Waals surface area contributed by atoms with Crippen LogP contribution in [0, 0.1) is 0 Å². The normalized spacial score (nSPS) is 13.6. The van der Waals surface area contributed by atoms with Crippen LogP contribution in [0.1, 0.15) is 50.7 Å². The number of halogens is 2. The van der Waals surface area contributed by atoms with Crippen molar-refractivity contribution in [2.45, 2.75) is 52.0 Å². The SMILES string of the molecule is CCC(N)Cc1cc(Cl)c(OC)c(C(C)CC)c1.Cl. The van der Waals surface area contributed by atoms with Gasteiger partial charge in [0, 0.05) is 6.04 Å². The Labute approximate surface area is 128 Å². The molecular weight excluding hydrogens is 281 g/mol. The third-order valence-corrected chi connectivity index (χ3v) is 3.78. The van der Waals surface area contributed by atoms with Crippen LogP contribution in [0.3, 0.4) is 0 Å². The highest BCUT2D eigenvalue weighted by atomic mass is 35.5. The van der Waals surface area contributed by atoms with Crippen molar-refractivity contribution in [1.82, 2.24) is 0 Å². The van der Waals surface area contributed by atoms with Crippen LogP contribution in [0.25, 0.3) is 0 Å². The van der Waals surface area contributed by atoms with Crippen LogP contribution in [0.5, 0.6) is 5.75 Å². The van der Waals surface area contributed by atoms with E-state index in [9.17, 15) is 0 Å². The Bertz CT molecular complexity index is 396. The molecule has 0 heterocycles. The summed E-state index contributed by atoms with van der Waals surface area (Å²) >= 11 is 6.30. The number of hydrogen-bond acceptors (Lipinski definition) is 2. The van der Waals surface area contributed by atoms with Gasteiger partial charge in [0.2, 0.25) is 0 Å². The molecule has 0 fully saturated rings. The summed E-state index contributed by atoms with van der Waals surface area (Å²) in [6.07, 6.45) is 2.90. The molecule has 0 saturated carbocycles. The summed E-state index contributed by atoms with van der Waals surface area (Å²) in [6, 6.07) is 4.36. The maximum Gasteiger partial charge on any atom is 0.140 e. The van der Waals surface area contributed by atoms with Crippen molar-refractivity contribution in [3.8, 4) is 5.75 Å². The molecule has 110 valence electrons. The predicted octanol–water partition coefficient (Wildman–Crippen LogP) is 4.56. The lowest BCUT2D eigenvalue weighted by molar-refractivity contribution is 0.406. The highest BCUT2D eigenvalue weighted by Crippen LogP contribution is 2.36. The zero-order valence-corrected chi connectivity index (χ0v) is 13.8. The van der Waals surface area contributed by atoms with Gasteiger partial charge in [-0.2, -0.15) is 0 Å². The second-order valence-corrected chi connectivity index (χ2v) is 5.29. The highest BCUT2D eigenvalue weighted by Gasteiger charge is 2.15. The van der Waals surface area contributed by atoms with Gasteiger partial charge in [-0.25, -0.2) is 0 Å². The summed E-state index contributed by atoms with van der Waals surface area (Å²) < 4.78 is 5.42. The molecule has 4 heteroatoms. The lowest BCUT2D eigenvalue weighted by Crippen LogP contribution is -2.21. The average molecular weight is 306 g/mol. The maximum atomic E-state index is 6.30. The molecular formula is C15H25Cl2NO. The lowest BCUT2D eigenvalue weighted by Gasteiger charge is -2.18. The molecule has 2 N–H and O–H groups in total. The second kappa shape index (κ2) is 8.68. The summed E-state index contributed by atoms with van der Waals surface area (Å²) in [5, 5.41) is 0.689. The fourth-order valence-corrected chi connectivity index (χ4v) is 2.37. The smallest absolute Gasteiger partial charge is 0.140 e.